The van der Waals surface area contributed by atoms with Gasteiger partial charge < -0.3 is 14.4 Å². The molecule has 0 aliphatic carbocycles. The predicted octanol–water partition coefficient (Wildman–Crippen LogP) is 1.20. The van der Waals surface area contributed by atoms with Crippen LogP contribution in [0.25, 0.3) is 0 Å². The lowest BCUT2D eigenvalue weighted by Crippen LogP contribution is -2.23. The fourth-order valence-electron chi connectivity index (χ4n) is 0.938. The fourth-order valence-corrected chi connectivity index (χ4v) is 0.938. The first kappa shape index (κ1) is 15.6. The Morgan fingerprint density at radius 1 is 1.19 bits per heavy atom. The number of rotatable bonds is 10. The Bertz CT molecular complexity index is 183. The van der Waals surface area contributed by atoms with Gasteiger partial charge in [0.1, 0.15) is 6.61 Å². The Morgan fingerprint density at radius 2 is 1.81 bits per heavy atom. The molecule has 0 atom stereocenters. The van der Waals surface area contributed by atoms with Crippen molar-refractivity contribution in [1.29, 1.82) is 0 Å². The topological polar surface area (TPSA) is 38.8 Å². The summed E-state index contributed by atoms with van der Waals surface area (Å²) in [5.41, 5.74) is 0. The number of hydrogen-bond acceptors (Lipinski definition) is 4. The van der Waals surface area contributed by atoms with Crippen LogP contribution in [0.2, 0.25) is 0 Å². The van der Waals surface area contributed by atoms with E-state index in [9.17, 15) is 4.79 Å². The maximum absolute atomic E-state index is 11.2. The van der Waals surface area contributed by atoms with E-state index in [4.69, 9.17) is 9.47 Å². The molecule has 0 spiro atoms. The van der Waals surface area contributed by atoms with E-state index >= 15 is 0 Å². The summed E-state index contributed by atoms with van der Waals surface area (Å²) in [5.74, 6) is 0.199. The molecule has 0 aliphatic rings. The summed E-state index contributed by atoms with van der Waals surface area (Å²) in [6, 6.07) is 0. The first-order chi connectivity index (χ1) is 7.57. The molecule has 0 amide bonds. The minimum absolute atomic E-state index is 0.0547. The normalized spacial score (nSPS) is 11.4. The van der Waals surface area contributed by atoms with E-state index in [1.165, 1.54) is 0 Å². The van der Waals surface area contributed by atoms with Crippen LogP contribution >= 0.6 is 0 Å². The van der Waals surface area contributed by atoms with Gasteiger partial charge in [-0.2, -0.15) is 0 Å². The van der Waals surface area contributed by atoms with E-state index < -0.39 is 0 Å². The molecule has 0 N–H and O–H groups in total. The van der Waals surface area contributed by atoms with Gasteiger partial charge in [0.05, 0.1) is 19.8 Å². The summed E-state index contributed by atoms with van der Waals surface area (Å²) in [5, 5.41) is 0. The summed E-state index contributed by atoms with van der Waals surface area (Å²) >= 11 is 0. The Kier molecular flexibility index (Phi) is 9.48. The molecule has 0 radical (unpaired) electrons. The van der Waals surface area contributed by atoms with Crippen molar-refractivity contribution < 1.29 is 14.3 Å². The van der Waals surface area contributed by atoms with Crippen molar-refractivity contribution in [1.82, 2.24) is 4.90 Å². The standard InChI is InChI=1S/C12H25NO3/c1-5-13(4)6-7-15-8-9-16-10-12(14)11(2)3/h11H,5-10H2,1-4H3. The summed E-state index contributed by atoms with van der Waals surface area (Å²) in [6.45, 7) is 9.80. The Morgan fingerprint density at radius 3 is 2.38 bits per heavy atom. The van der Waals surface area contributed by atoms with Crippen molar-refractivity contribution in [3.8, 4) is 0 Å². The van der Waals surface area contributed by atoms with Gasteiger partial charge in [0.15, 0.2) is 5.78 Å². The quantitative estimate of drug-likeness (QED) is 0.530. The summed E-state index contributed by atoms with van der Waals surface area (Å²) in [7, 11) is 2.06. The summed E-state index contributed by atoms with van der Waals surface area (Å²) in [6.07, 6.45) is 0. The molecular formula is C12H25NO3. The maximum Gasteiger partial charge on any atom is 0.160 e. The van der Waals surface area contributed by atoms with E-state index in [2.05, 4.69) is 18.9 Å². The lowest BCUT2D eigenvalue weighted by molar-refractivity contribution is -0.127. The second-order valence-corrected chi connectivity index (χ2v) is 4.18. The number of ketones is 1. The van der Waals surface area contributed by atoms with Gasteiger partial charge in [0.2, 0.25) is 0 Å². The van der Waals surface area contributed by atoms with Crippen molar-refractivity contribution in [2.75, 3.05) is 46.6 Å². The first-order valence-electron chi connectivity index (χ1n) is 5.94. The predicted molar refractivity (Wildman–Crippen MR) is 64.7 cm³/mol. The van der Waals surface area contributed by atoms with Crippen LogP contribution in [0.5, 0.6) is 0 Å². The zero-order chi connectivity index (χ0) is 12.4. The highest BCUT2D eigenvalue weighted by atomic mass is 16.5. The van der Waals surface area contributed by atoms with Gasteiger partial charge >= 0.3 is 0 Å². The molecule has 96 valence electrons. The second kappa shape index (κ2) is 9.75. The van der Waals surface area contributed by atoms with E-state index in [-0.39, 0.29) is 18.3 Å². The number of likely N-dealkylation sites (N-methyl/N-ethyl adjacent to an activating group) is 1. The molecule has 0 heterocycles. The summed E-state index contributed by atoms with van der Waals surface area (Å²) in [4.78, 5) is 13.4. The molecular weight excluding hydrogens is 206 g/mol. The minimum atomic E-state index is 0.0547. The molecule has 0 saturated heterocycles. The van der Waals surface area contributed by atoms with Crippen molar-refractivity contribution in [2.24, 2.45) is 5.92 Å². The van der Waals surface area contributed by atoms with Crippen molar-refractivity contribution in [3.63, 3.8) is 0 Å². The second-order valence-electron chi connectivity index (χ2n) is 4.18. The number of carbonyl (C=O) groups is 1. The third-order valence-electron chi connectivity index (χ3n) is 2.42. The highest BCUT2D eigenvalue weighted by Crippen LogP contribution is 1.94. The van der Waals surface area contributed by atoms with Gasteiger partial charge in [-0.05, 0) is 13.6 Å². The molecule has 0 aromatic carbocycles. The number of carbonyl (C=O) groups excluding carboxylic acids is 1. The van der Waals surface area contributed by atoms with Crippen molar-refractivity contribution >= 4 is 5.78 Å². The van der Waals surface area contributed by atoms with Crippen LogP contribution in [0.1, 0.15) is 20.8 Å². The molecule has 0 fully saturated rings. The largest absolute Gasteiger partial charge is 0.378 e. The Hall–Kier alpha value is -0.450. The molecule has 4 heteroatoms. The van der Waals surface area contributed by atoms with Crippen LogP contribution in [-0.4, -0.2) is 57.2 Å². The van der Waals surface area contributed by atoms with E-state index in [1.807, 2.05) is 13.8 Å². The highest BCUT2D eigenvalue weighted by Gasteiger charge is 2.06. The van der Waals surface area contributed by atoms with Crippen LogP contribution in [0.4, 0.5) is 0 Å². The molecule has 0 aliphatic heterocycles. The zero-order valence-corrected chi connectivity index (χ0v) is 11.0. The van der Waals surface area contributed by atoms with Gasteiger partial charge in [-0.15, -0.1) is 0 Å². The maximum atomic E-state index is 11.2. The molecule has 0 aromatic rings. The highest BCUT2D eigenvalue weighted by molar-refractivity contribution is 5.81. The van der Waals surface area contributed by atoms with Gasteiger partial charge in [-0.1, -0.05) is 20.8 Å². The van der Waals surface area contributed by atoms with Crippen molar-refractivity contribution in [3.05, 3.63) is 0 Å². The van der Waals surface area contributed by atoms with E-state index in [0.29, 0.717) is 19.8 Å². The molecule has 0 saturated carbocycles. The fraction of sp³-hybridized carbons (Fsp3) is 0.917. The van der Waals surface area contributed by atoms with E-state index in [1.54, 1.807) is 0 Å². The Labute approximate surface area is 98.9 Å². The summed E-state index contributed by atoms with van der Waals surface area (Å²) < 4.78 is 10.6. The lowest BCUT2D eigenvalue weighted by atomic mass is 10.1. The monoisotopic (exact) mass is 231 g/mol. The van der Waals surface area contributed by atoms with E-state index in [0.717, 1.165) is 13.1 Å². The third-order valence-corrected chi connectivity index (χ3v) is 2.42. The number of Topliss-reactive ketones (excluding diaryl/α,β-unsaturated/α-hetero) is 1. The van der Waals surface area contributed by atoms with Gasteiger partial charge in [-0.3, -0.25) is 4.79 Å². The average Bonchev–Trinajstić information content (AvgIpc) is 2.26. The molecule has 0 bridgehead atoms. The molecule has 16 heavy (non-hydrogen) atoms. The lowest BCUT2D eigenvalue weighted by Gasteiger charge is -2.13. The molecule has 0 unspecified atom stereocenters. The third kappa shape index (κ3) is 8.83. The minimum Gasteiger partial charge on any atom is -0.378 e. The van der Waals surface area contributed by atoms with Gasteiger partial charge in [0.25, 0.3) is 0 Å². The number of ether oxygens (including phenoxy) is 2. The van der Waals surface area contributed by atoms with Gasteiger partial charge in [0, 0.05) is 12.5 Å². The molecule has 0 aromatic heterocycles. The van der Waals surface area contributed by atoms with Gasteiger partial charge in [-0.25, -0.2) is 0 Å². The van der Waals surface area contributed by atoms with Crippen LogP contribution in [0.15, 0.2) is 0 Å². The van der Waals surface area contributed by atoms with Crippen LogP contribution < -0.4 is 0 Å². The van der Waals surface area contributed by atoms with Crippen LogP contribution in [0.3, 0.4) is 0 Å². The van der Waals surface area contributed by atoms with Crippen LogP contribution in [-0.2, 0) is 14.3 Å². The van der Waals surface area contributed by atoms with Crippen LogP contribution in [0, 0.1) is 5.92 Å². The van der Waals surface area contributed by atoms with Crippen molar-refractivity contribution in [2.45, 2.75) is 20.8 Å². The Balaban J connectivity index is 3.19. The molecule has 0 rings (SSSR count). The first-order valence-corrected chi connectivity index (χ1v) is 5.94. The number of hydrogen-bond donors (Lipinski definition) is 0. The number of nitrogens with zero attached hydrogens (tertiary/aromatic N) is 1. The average molecular weight is 231 g/mol. The smallest absolute Gasteiger partial charge is 0.160 e. The zero-order valence-electron chi connectivity index (χ0n) is 11.0. The molecule has 4 nitrogen and oxygen atoms in total. The SMILES string of the molecule is CCN(C)CCOCCOCC(=O)C(C)C.